The number of amides is 1. The number of carbonyl (C=O) groups is 1. The fourth-order valence-corrected chi connectivity index (χ4v) is 2.47. The molecule has 1 aromatic rings. The lowest BCUT2D eigenvalue weighted by molar-refractivity contribution is -0.134. The summed E-state index contributed by atoms with van der Waals surface area (Å²) in [5, 5.41) is 3.32. The van der Waals surface area contributed by atoms with E-state index in [0.29, 0.717) is 6.54 Å². The molecule has 1 fully saturated rings. The van der Waals surface area contributed by atoms with Crippen molar-refractivity contribution in [3.8, 4) is 5.75 Å². The number of hydrogen-bond donors (Lipinski definition) is 1. The summed E-state index contributed by atoms with van der Waals surface area (Å²) >= 11 is 0. The maximum absolute atomic E-state index is 12.3. The minimum absolute atomic E-state index is 0. The van der Waals surface area contributed by atoms with Crippen LogP contribution in [0.15, 0.2) is 24.3 Å². The molecule has 7 heteroatoms. The summed E-state index contributed by atoms with van der Waals surface area (Å²) in [5.41, 5.74) is 0.792. The topological polar surface area (TPSA) is 41.6 Å². The third-order valence-electron chi connectivity index (χ3n) is 3.86. The second-order valence-electron chi connectivity index (χ2n) is 5.27. The molecule has 1 amide bonds. The van der Waals surface area contributed by atoms with Gasteiger partial charge in [-0.25, -0.2) is 0 Å². The van der Waals surface area contributed by atoms with Crippen LogP contribution in [0.4, 0.5) is 8.78 Å². The molecule has 22 heavy (non-hydrogen) atoms. The van der Waals surface area contributed by atoms with E-state index in [1.54, 1.807) is 12.1 Å². The van der Waals surface area contributed by atoms with Gasteiger partial charge < -0.3 is 15.0 Å². The van der Waals surface area contributed by atoms with Gasteiger partial charge in [-0.15, -0.1) is 12.4 Å². The van der Waals surface area contributed by atoms with Gasteiger partial charge >= 0.3 is 6.61 Å². The molecule has 2 unspecified atom stereocenters. The van der Waals surface area contributed by atoms with Crippen molar-refractivity contribution in [1.29, 1.82) is 0 Å². The Morgan fingerprint density at radius 3 is 2.59 bits per heavy atom. The van der Waals surface area contributed by atoms with Crippen LogP contribution >= 0.6 is 12.4 Å². The summed E-state index contributed by atoms with van der Waals surface area (Å²) in [6, 6.07) is 6.62. The molecule has 0 bridgehead atoms. The van der Waals surface area contributed by atoms with Crippen molar-refractivity contribution < 1.29 is 18.3 Å². The maximum atomic E-state index is 12.3. The zero-order valence-corrected chi connectivity index (χ0v) is 13.4. The molecule has 1 N–H and O–H groups in total. The Morgan fingerprint density at radius 2 is 2.00 bits per heavy atom. The number of halogens is 3. The average molecular weight is 335 g/mol. The molecule has 1 heterocycles. The highest BCUT2D eigenvalue weighted by molar-refractivity contribution is 5.85. The van der Waals surface area contributed by atoms with Crippen LogP contribution in [-0.4, -0.2) is 42.6 Å². The SMILES string of the molecule is CC1NCCN(C(=O)Cc2ccc(OC(F)F)cc2)C1C.Cl. The summed E-state index contributed by atoms with van der Waals surface area (Å²) < 4.78 is 28.4. The van der Waals surface area contributed by atoms with Gasteiger partial charge in [-0.3, -0.25) is 4.79 Å². The molecule has 1 aromatic carbocycles. The number of rotatable bonds is 4. The number of benzene rings is 1. The minimum atomic E-state index is -2.83. The zero-order valence-electron chi connectivity index (χ0n) is 12.6. The molecule has 0 aromatic heterocycles. The first-order chi connectivity index (χ1) is 9.97. The van der Waals surface area contributed by atoms with E-state index >= 15 is 0 Å². The lowest BCUT2D eigenvalue weighted by atomic mass is 10.0. The van der Waals surface area contributed by atoms with E-state index in [9.17, 15) is 13.6 Å². The monoisotopic (exact) mass is 334 g/mol. The van der Waals surface area contributed by atoms with Crippen LogP contribution in [-0.2, 0) is 11.2 Å². The maximum Gasteiger partial charge on any atom is 0.387 e. The van der Waals surface area contributed by atoms with Crippen molar-refractivity contribution in [2.45, 2.75) is 39.0 Å². The number of carbonyl (C=O) groups excluding carboxylic acids is 1. The number of piperazine rings is 1. The Kier molecular flexibility index (Phi) is 7.03. The molecule has 0 aliphatic carbocycles. The van der Waals surface area contributed by atoms with E-state index < -0.39 is 6.61 Å². The third-order valence-corrected chi connectivity index (χ3v) is 3.86. The van der Waals surface area contributed by atoms with Crippen molar-refractivity contribution in [1.82, 2.24) is 10.2 Å². The second-order valence-corrected chi connectivity index (χ2v) is 5.27. The molecule has 0 radical (unpaired) electrons. The molecule has 0 saturated carbocycles. The van der Waals surface area contributed by atoms with Crippen molar-refractivity contribution in [3.63, 3.8) is 0 Å². The van der Waals surface area contributed by atoms with Crippen LogP contribution in [0.2, 0.25) is 0 Å². The van der Waals surface area contributed by atoms with Crippen LogP contribution in [0.3, 0.4) is 0 Å². The second kappa shape index (κ2) is 8.29. The van der Waals surface area contributed by atoms with Gasteiger partial charge in [0.1, 0.15) is 5.75 Å². The molecule has 1 aliphatic rings. The summed E-state index contributed by atoms with van der Waals surface area (Å²) in [7, 11) is 0. The van der Waals surface area contributed by atoms with E-state index in [4.69, 9.17) is 0 Å². The summed E-state index contributed by atoms with van der Waals surface area (Å²) in [5.74, 6) is 0.156. The predicted molar refractivity (Wildman–Crippen MR) is 82.7 cm³/mol. The summed E-state index contributed by atoms with van der Waals surface area (Å²) in [6.07, 6.45) is 0.270. The first kappa shape index (κ1) is 18.6. The van der Waals surface area contributed by atoms with Gasteiger partial charge in [0.05, 0.1) is 6.42 Å². The first-order valence-electron chi connectivity index (χ1n) is 7.04. The Labute approximate surface area is 135 Å². The Morgan fingerprint density at radius 1 is 1.36 bits per heavy atom. The largest absolute Gasteiger partial charge is 0.435 e. The number of alkyl halides is 2. The number of nitrogens with one attached hydrogen (secondary N) is 1. The Bertz CT molecular complexity index is 485. The number of nitrogens with zero attached hydrogens (tertiary/aromatic N) is 1. The van der Waals surface area contributed by atoms with Crippen molar-refractivity contribution in [2.75, 3.05) is 13.1 Å². The smallest absolute Gasteiger partial charge is 0.387 e. The normalized spacial score (nSPS) is 21.4. The van der Waals surface area contributed by atoms with Crippen molar-refractivity contribution in [3.05, 3.63) is 29.8 Å². The van der Waals surface area contributed by atoms with Gasteiger partial charge in [0.2, 0.25) is 5.91 Å². The fraction of sp³-hybridized carbons (Fsp3) is 0.533. The minimum Gasteiger partial charge on any atom is -0.435 e. The molecule has 1 aliphatic heterocycles. The molecular formula is C15H21ClF2N2O2. The van der Waals surface area contributed by atoms with Crippen LogP contribution in [0.25, 0.3) is 0 Å². The molecule has 124 valence electrons. The van der Waals surface area contributed by atoms with Crippen LogP contribution in [0.5, 0.6) is 5.75 Å². The van der Waals surface area contributed by atoms with E-state index in [1.165, 1.54) is 12.1 Å². The van der Waals surface area contributed by atoms with Crippen molar-refractivity contribution >= 4 is 18.3 Å². The highest BCUT2D eigenvalue weighted by atomic mass is 35.5. The molecule has 0 spiro atoms. The quantitative estimate of drug-likeness (QED) is 0.919. The van der Waals surface area contributed by atoms with Gasteiger partial charge in [-0.05, 0) is 31.5 Å². The first-order valence-corrected chi connectivity index (χ1v) is 7.04. The van der Waals surface area contributed by atoms with Crippen LogP contribution in [0, 0.1) is 0 Å². The summed E-state index contributed by atoms with van der Waals surface area (Å²) in [6.45, 7) is 2.73. The van der Waals surface area contributed by atoms with Crippen LogP contribution in [0.1, 0.15) is 19.4 Å². The molecule has 2 atom stereocenters. The van der Waals surface area contributed by atoms with Gasteiger partial charge in [-0.2, -0.15) is 8.78 Å². The van der Waals surface area contributed by atoms with E-state index in [1.807, 2.05) is 11.8 Å². The van der Waals surface area contributed by atoms with E-state index in [2.05, 4.69) is 17.0 Å². The molecular weight excluding hydrogens is 314 g/mol. The van der Waals surface area contributed by atoms with Gasteiger partial charge in [-0.1, -0.05) is 12.1 Å². The average Bonchev–Trinajstić information content (AvgIpc) is 2.43. The Hall–Kier alpha value is -1.40. The summed E-state index contributed by atoms with van der Waals surface area (Å²) in [4.78, 5) is 14.2. The number of hydrogen-bond acceptors (Lipinski definition) is 3. The van der Waals surface area contributed by atoms with Crippen LogP contribution < -0.4 is 10.1 Å². The lowest BCUT2D eigenvalue weighted by Gasteiger charge is -2.38. The number of ether oxygens (including phenoxy) is 1. The molecule has 1 saturated heterocycles. The Balaban J connectivity index is 0.00000242. The van der Waals surface area contributed by atoms with E-state index in [-0.39, 0.29) is 42.6 Å². The zero-order chi connectivity index (χ0) is 15.4. The van der Waals surface area contributed by atoms with E-state index in [0.717, 1.165) is 12.1 Å². The lowest BCUT2D eigenvalue weighted by Crippen LogP contribution is -2.57. The third kappa shape index (κ3) is 4.81. The highest BCUT2D eigenvalue weighted by Crippen LogP contribution is 2.17. The molecule has 4 nitrogen and oxygen atoms in total. The fourth-order valence-electron chi connectivity index (χ4n) is 2.47. The molecule has 2 rings (SSSR count). The standard InChI is InChI=1S/C15H20F2N2O2.ClH/c1-10-11(2)19(8-7-18-10)14(20)9-12-3-5-13(6-4-12)21-15(16)17;/h3-6,10-11,15,18H,7-9H2,1-2H3;1H. The van der Waals surface area contributed by atoms with Gasteiger partial charge in [0.15, 0.2) is 0 Å². The predicted octanol–water partition coefficient (Wildman–Crippen LogP) is 2.46. The highest BCUT2D eigenvalue weighted by Gasteiger charge is 2.27. The van der Waals surface area contributed by atoms with Gasteiger partial charge in [0.25, 0.3) is 0 Å². The van der Waals surface area contributed by atoms with Crippen molar-refractivity contribution in [2.24, 2.45) is 0 Å². The van der Waals surface area contributed by atoms with Gasteiger partial charge in [0, 0.05) is 25.2 Å².